The summed E-state index contributed by atoms with van der Waals surface area (Å²) in [5.41, 5.74) is 6.33. The van der Waals surface area contributed by atoms with Gasteiger partial charge in [0, 0.05) is 24.2 Å². The molecular formula is C10H14N2O2. The summed E-state index contributed by atoms with van der Waals surface area (Å²) in [6.45, 7) is 2.55. The summed E-state index contributed by atoms with van der Waals surface area (Å²) in [5, 5.41) is 12.0. The highest BCUT2D eigenvalue weighted by molar-refractivity contribution is 5.96. The second kappa shape index (κ2) is 4.62. The molecule has 1 aromatic carbocycles. The molecule has 14 heavy (non-hydrogen) atoms. The molecule has 0 atom stereocenters. The zero-order chi connectivity index (χ0) is 10.6. The number of nitrogens with two attached hydrogens (primary N) is 1. The quantitative estimate of drug-likeness (QED) is 0.651. The maximum Gasteiger partial charge on any atom is 0.251 e. The van der Waals surface area contributed by atoms with E-state index >= 15 is 0 Å². The number of amides is 1. The third-order valence-electron chi connectivity index (χ3n) is 1.98. The number of carbonyl (C=O) groups is 1. The molecule has 1 rings (SSSR count). The van der Waals surface area contributed by atoms with Gasteiger partial charge in [0.2, 0.25) is 0 Å². The van der Waals surface area contributed by atoms with E-state index < -0.39 is 0 Å². The van der Waals surface area contributed by atoms with Gasteiger partial charge in [-0.1, -0.05) is 6.07 Å². The van der Waals surface area contributed by atoms with Crippen molar-refractivity contribution in [1.29, 1.82) is 0 Å². The van der Waals surface area contributed by atoms with Gasteiger partial charge in [0.05, 0.1) is 0 Å². The molecule has 0 aliphatic carbocycles. The first-order valence-corrected chi connectivity index (χ1v) is 4.43. The lowest BCUT2D eigenvalue weighted by Crippen LogP contribution is -2.29. The van der Waals surface area contributed by atoms with Crippen LogP contribution in [0, 0.1) is 6.92 Å². The number of nitrogens with one attached hydrogen (secondary N) is 1. The van der Waals surface area contributed by atoms with Gasteiger partial charge in [-0.2, -0.15) is 0 Å². The zero-order valence-electron chi connectivity index (χ0n) is 8.08. The van der Waals surface area contributed by atoms with Crippen molar-refractivity contribution in [3.63, 3.8) is 0 Å². The minimum absolute atomic E-state index is 0.130. The summed E-state index contributed by atoms with van der Waals surface area (Å²) in [4.78, 5) is 11.5. The molecule has 0 heterocycles. The van der Waals surface area contributed by atoms with Crippen molar-refractivity contribution in [2.75, 3.05) is 13.1 Å². The van der Waals surface area contributed by atoms with Gasteiger partial charge in [0.1, 0.15) is 5.75 Å². The van der Waals surface area contributed by atoms with Crippen LogP contribution in [0.1, 0.15) is 15.9 Å². The average molecular weight is 194 g/mol. The second-order valence-corrected chi connectivity index (χ2v) is 2.99. The minimum atomic E-state index is -0.205. The lowest BCUT2D eigenvalue weighted by Gasteiger charge is -2.07. The molecule has 0 aliphatic heterocycles. The number of phenols is 1. The van der Waals surface area contributed by atoms with Crippen molar-refractivity contribution in [3.8, 4) is 5.75 Å². The number of hydrogen-bond acceptors (Lipinski definition) is 3. The SMILES string of the molecule is Cc1c(O)cccc1C(=O)NCCN. The highest BCUT2D eigenvalue weighted by Crippen LogP contribution is 2.18. The lowest BCUT2D eigenvalue weighted by molar-refractivity contribution is 0.0953. The summed E-state index contributed by atoms with van der Waals surface area (Å²) in [6, 6.07) is 4.86. The van der Waals surface area contributed by atoms with Crippen LogP contribution in [0.2, 0.25) is 0 Å². The van der Waals surface area contributed by atoms with Gasteiger partial charge in [-0.15, -0.1) is 0 Å². The Morgan fingerprint density at radius 3 is 2.93 bits per heavy atom. The Labute approximate surface area is 82.7 Å². The van der Waals surface area contributed by atoms with E-state index in [0.717, 1.165) is 0 Å². The predicted octanol–water partition coefficient (Wildman–Crippen LogP) is 0.389. The first-order chi connectivity index (χ1) is 6.66. The second-order valence-electron chi connectivity index (χ2n) is 2.99. The topological polar surface area (TPSA) is 75.3 Å². The Hall–Kier alpha value is -1.55. The molecule has 0 saturated carbocycles. The highest BCUT2D eigenvalue weighted by atomic mass is 16.3. The van der Waals surface area contributed by atoms with Crippen molar-refractivity contribution < 1.29 is 9.90 Å². The summed E-state index contributed by atoms with van der Waals surface area (Å²) < 4.78 is 0. The van der Waals surface area contributed by atoms with Gasteiger partial charge in [-0.3, -0.25) is 4.79 Å². The molecule has 0 spiro atoms. The van der Waals surface area contributed by atoms with Gasteiger partial charge < -0.3 is 16.2 Å². The molecule has 76 valence electrons. The molecule has 0 saturated heterocycles. The van der Waals surface area contributed by atoms with E-state index in [1.54, 1.807) is 25.1 Å². The van der Waals surface area contributed by atoms with Gasteiger partial charge in [-0.25, -0.2) is 0 Å². The molecule has 4 nitrogen and oxygen atoms in total. The first kappa shape index (κ1) is 10.5. The minimum Gasteiger partial charge on any atom is -0.508 e. The zero-order valence-corrected chi connectivity index (χ0v) is 8.08. The molecule has 0 fully saturated rings. The van der Waals surface area contributed by atoms with E-state index in [1.807, 2.05) is 0 Å². The molecule has 0 aromatic heterocycles. The van der Waals surface area contributed by atoms with Crippen LogP contribution in [0.4, 0.5) is 0 Å². The van der Waals surface area contributed by atoms with Crippen LogP contribution < -0.4 is 11.1 Å². The van der Waals surface area contributed by atoms with E-state index in [1.165, 1.54) is 0 Å². The maximum absolute atomic E-state index is 11.5. The van der Waals surface area contributed by atoms with E-state index in [2.05, 4.69) is 5.32 Å². The van der Waals surface area contributed by atoms with Crippen LogP contribution in [-0.4, -0.2) is 24.1 Å². The fraction of sp³-hybridized carbons (Fsp3) is 0.300. The van der Waals surface area contributed by atoms with Crippen molar-refractivity contribution in [2.45, 2.75) is 6.92 Å². The molecule has 1 aromatic rings. The van der Waals surface area contributed by atoms with Gasteiger partial charge in [-0.05, 0) is 19.1 Å². The molecule has 4 heteroatoms. The number of carbonyl (C=O) groups excluding carboxylic acids is 1. The first-order valence-electron chi connectivity index (χ1n) is 4.43. The van der Waals surface area contributed by atoms with Crippen molar-refractivity contribution in [1.82, 2.24) is 5.32 Å². The van der Waals surface area contributed by atoms with E-state index in [-0.39, 0.29) is 11.7 Å². The number of phenolic OH excluding ortho intramolecular Hbond substituents is 1. The van der Waals surface area contributed by atoms with Crippen LogP contribution in [-0.2, 0) is 0 Å². The number of aromatic hydroxyl groups is 1. The van der Waals surface area contributed by atoms with E-state index in [4.69, 9.17) is 5.73 Å². The van der Waals surface area contributed by atoms with Crippen molar-refractivity contribution in [2.24, 2.45) is 5.73 Å². The van der Waals surface area contributed by atoms with E-state index in [0.29, 0.717) is 24.2 Å². The van der Waals surface area contributed by atoms with Gasteiger partial charge in [0.25, 0.3) is 5.91 Å². The highest BCUT2D eigenvalue weighted by Gasteiger charge is 2.09. The monoisotopic (exact) mass is 194 g/mol. The maximum atomic E-state index is 11.5. The molecule has 0 aliphatic rings. The Balaban J connectivity index is 2.84. The van der Waals surface area contributed by atoms with Crippen molar-refractivity contribution in [3.05, 3.63) is 29.3 Å². The third-order valence-corrected chi connectivity index (χ3v) is 1.98. The lowest BCUT2D eigenvalue weighted by atomic mass is 10.1. The normalized spacial score (nSPS) is 9.86. The third kappa shape index (κ3) is 2.23. The number of hydrogen-bond donors (Lipinski definition) is 3. The van der Waals surface area contributed by atoms with Crippen molar-refractivity contribution >= 4 is 5.91 Å². The van der Waals surface area contributed by atoms with Gasteiger partial charge >= 0.3 is 0 Å². The summed E-state index contributed by atoms with van der Waals surface area (Å²) >= 11 is 0. The molecule has 0 radical (unpaired) electrons. The largest absolute Gasteiger partial charge is 0.508 e. The molecule has 0 unspecified atom stereocenters. The summed E-state index contributed by atoms with van der Waals surface area (Å²) in [7, 11) is 0. The Morgan fingerprint density at radius 2 is 2.29 bits per heavy atom. The molecule has 1 amide bonds. The molecule has 0 bridgehead atoms. The van der Waals surface area contributed by atoms with Crippen LogP contribution in [0.15, 0.2) is 18.2 Å². The number of benzene rings is 1. The Morgan fingerprint density at radius 1 is 1.57 bits per heavy atom. The Bertz CT molecular complexity index is 337. The smallest absolute Gasteiger partial charge is 0.251 e. The summed E-state index contributed by atoms with van der Waals surface area (Å²) in [5.74, 6) is -0.0748. The summed E-state index contributed by atoms with van der Waals surface area (Å²) in [6.07, 6.45) is 0. The fourth-order valence-electron chi connectivity index (χ4n) is 1.15. The number of rotatable bonds is 3. The van der Waals surface area contributed by atoms with Crippen LogP contribution in [0.5, 0.6) is 5.75 Å². The Kier molecular flexibility index (Phi) is 3.48. The van der Waals surface area contributed by atoms with Crippen LogP contribution >= 0.6 is 0 Å². The molecular weight excluding hydrogens is 180 g/mol. The molecule has 4 N–H and O–H groups in total. The van der Waals surface area contributed by atoms with Crippen LogP contribution in [0.25, 0.3) is 0 Å². The fourth-order valence-corrected chi connectivity index (χ4v) is 1.15. The van der Waals surface area contributed by atoms with E-state index in [9.17, 15) is 9.90 Å². The standard InChI is InChI=1S/C10H14N2O2/c1-7-8(3-2-4-9(7)13)10(14)12-6-5-11/h2-4,13H,5-6,11H2,1H3,(H,12,14). The average Bonchev–Trinajstić information content (AvgIpc) is 2.18. The van der Waals surface area contributed by atoms with Gasteiger partial charge in [0.15, 0.2) is 0 Å². The van der Waals surface area contributed by atoms with Crippen LogP contribution in [0.3, 0.4) is 0 Å². The predicted molar refractivity (Wildman–Crippen MR) is 54.2 cm³/mol.